The van der Waals surface area contributed by atoms with Crippen LogP contribution in [0.1, 0.15) is 33.6 Å². The van der Waals surface area contributed by atoms with Crippen molar-refractivity contribution in [1.82, 2.24) is 4.90 Å². The topological polar surface area (TPSA) is 51.2 Å². The second-order valence-corrected chi connectivity index (χ2v) is 7.21. The molecule has 31 heavy (non-hydrogen) atoms. The van der Waals surface area contributed by atoms with Crippen LogP contribution >= 0.6 is 0 Å². The Kier molecular flexibility index (Phi) is 10.7. The molecule has 170 valence electrons. The first-order chi connectivity index (χ1) is 15.1. The summed E-state index contributed by atoms with van der Waals surface area (Å²) in [7, 11) is 1.62. The molecule has 0 fully saturated rings. The second-order valence-electron chi connectivity index (χ2n) is 7.21. The number of carbonyl (C=O) groups is 1. The highest BCUT2D eigenvalue weighted by atomic mass is 16.5. The first-order valence-electron chi connectivity index (χ1n) is 11.1. The van der Waals surface area contributed by atoms with Gasteiger partial charge in [0.2, 0.25) is 0 Å². The molecule has 6 nitrogen and oxygen atoms in total. The second kappa shape index (κ2) is 13.5. The van der Waals surface area contributed by atoms with Gasteiger partial charge in [0.15, 0.2) is 6.61 Å². The molecular weight excluding hydrogens is 392 g/mol. The summed E-state index contributed by atoms with van der Waals surface area (Å²) in [5, 5.41) is 0. The lowest BCUT2D eigenvalue weighted by molar-refractivity contribution is -0.120. The zero-order valence-electron chi connectivity index (χ0n) is 19.3. The van der Waals surface area contributed by atoms with Crippen molar-refractivity contribution in [3.8, 4) is 17.2 Å². The monoisotopic (exact) mass is 428 g/mol. The van der Waals surface area contributed by atoms with E-state index < -0.39 is 0 Å². The molecule has 6 heteroatoms. The summed E-state index contributed by atoms with van der Waals surface area (Å²) in [4.78, 5) is 17.2. The maximum atomic E-state index is 13.1. The van der Waals surface area contributed by atoms with E-state index in [0.717, 1.165) is 43.9 Å². The van der Waals surface area contributed by atoms with Crippen LogP contribution in [0.25, 0.3) is 0 Å². The maximum absolute atomic E-state index is 13.1. The summed E-state index contributed by atoms with van der Waals surface area (Å²) in [6.45, 7) is 10.3. The molecule has 0 aliphatic rings. The number of unbranched alkanes of at least 4 members (excludes halogenated alkanes) is 1. The number of carbonyl (C=O) groups excluding carboxylic acids is 1. The van der Waals surface area contributed by atoms with E-state index in [1.165, 1.54) is 0 Å². The molecule has 2 rings (SSSR count). The SMILES string of the molecule is CCCCOc1ccc(OCC(=O)N(CCN(CC)CC)c2ccccc2OC)cc1. The van der Waals surface area contributed by atoms with E-state index in [2.05, 4.69) is 25.7 Å². The van der Waals surface area contributed by atoms with Gasteiger partial charge in [0, 0.05) is 13.1 Å². The molecule has 0 aromatic heterocycles. The first-order valence-corrected chi connectivity index (χ1v) is 11.1. The van der Waals surface area contributed by atoms with E-state index in [1.807, 2.05) is 48.5 Å². The predicted octanol–water partition coefficient (Wildman–Crippen LogP) is 4.63. The normalized spacial score (nSPS) is 10.7. The van der Waals surface area contributed by atoms with E-state index in [1.54, 1.807) is 12.0 Å². The van der Waals surface area contributed by atoms with Gasteiger partial charge in [-0.1, -0.05) is 39.3 Å². The van der Waals surface area contributed by atoms with Crippen molar-refractivity contribution in [2.75, 3.05) is 51.4 Å². The van der Waals surface area contributed by atoms with Gasteiger partial charge in [-0.15, -0.1) is 0 Å². The third-order valence-corrected chi connectivity index (χ3v) is 5.16. The lowest BCUT2D eigenvalue weighted by atomic mass is 10.2. The van der Waals surface area contributed by atoms with Gasteiger partial charge in [-0.2, -0.15) is 0 Å². The highest BCUT2D eigenvalue weighted by Crippen LogP contribution is 2.28. The molecule has 0 aliphatic carbocycles. The average molecular weight is 429 g/mol. The number of ether oxygens (including phenoxy) is 3. The van der Waals surface area contributed by atoms with Crippen molar-refractivity contribution in [3.05, 3.63) is 48.5 Å². The Labute approximate surface area is 186 Å². The molecule has 2 aromatic rings. The zero-order chi connectivity index (χ0) is 22.5. The predicted molar refractivity (Wildman–Crippen MR) is 125 cm³/mol. The molecule has 0 radical (unpaired) electrons. The number of anilines is 1. The van der Waals surface area contributed by atoms with Crippen molar-refractivity contribution in [2.24, 2.45) is 0 Å². The molecule has 0 bridgehead atoms. The standard InChI is InChI=1S/C25H36N2O4/c1-5-8-19-30-21-13-15-22(16-14-21)31-20-25(28)27(18-17-26(6-2)7-3)23-11-9-10-12-24(23)29-4/h9-16H,5-8,17-20H2,1-4H3. The number of amides is 1. The number of hydrogen-bond donors (Lipinski definition) is 0. The number of likely N-dealkylation sites (N-methyl/N-ethyl adjacent to an activating group) is 1. The van der Waals surface area contributed by atoms with Crippen LogP contribution in [0, 0.1) is 0 Å². The number of nitrogens with zero attached hydrogens (tertiary/aromatic N) is 2. The summed E-state index contributed by atoms with van der Waals surface area (Å²) >= 11 is 0. The van der Waals surface area contributed by atoms with Crippen molar-refractivity contribution in [3.63, 3.8) is 0 Å². The number of rotatable bonds is 14. The van der Waals surface area contributed by atoms with Crippen molar-refractivity contribution >= 4 is 11.6 Å². The van der Waals surface area contributed by atoms with Crippen LogP contribution in [0.4, 0.5) is 5.69 Å². The lowest BCUT2D eigenvalue weighted by Gasteiger charge is -2.27. The van der Waals surface area contributed by atoms with Gasteiger partial charge >= 0.3 is 0 Å². The minimum absolute atomic E-state index is 0.0493. The van der Waals surface area contributed by atoms with Crippen molar-refractivity contribution < 1.29 is 19.0 Å². The molecule has 0 saturated heterocycles. The van der Waals surface area contributed by atoms with Crippen molar-refractivity contribution in [1.29, 1.82) is 0 Å². The summed E-state index contributed by atoms with van der Waals surface area (Å²) in [5.74, 6) is 2.01. The Balaban J connectivity index is 2.04. The summed E-state index contributed by atoms with van der Waals surface area (Å²) in [5.41, 5.74) is 0.755. The number of methoxy groups -OCH3 is 1. The minimum Gasteiger partial charge on any atom is -0.495 e. The minimum atomic E-state index is -0.111. The van der Waals surface area contributed by atoms with Crippen LogP contribution in [0.15, 0.2) is 48.5 Å². The number of benzene rings is 2. The maximum Gasteiger partial charge on any atom is 0.265 e. The quantitative estimate of drug-likeness (QED) is 0.411. The Hall–Kier alpha value is -2.73. The summed E-state index contributed by atoms with van der Waals surface area (Å²) in [6.07, 6.45) is 2.12. The molecule has 0 spiro atoms. The molecule has 0 aliphatic heterocycles. The van der Waals surface area contributed by atoms with Crippen LogP contribution in [0.5, 0.6) is 17.2 Å². The lowest BCUT2D eigenvalue weighted by Crippen LogP contribution is -2.41. The van der Waals surface area contributed by atoms with Gasteiger partial charge in [0.05, 0.1) is 19.4 Å². The fourth-order valence-electron chi connectivity index (χ4n) is 3.20. The smallest absolute Gasteiger partial charge is 0.265 e. The zero-order valence-corrected chi connectivity index (χ0v) is 19.3. The summed E-state index contributed by atoms with van der Waals surface area (Å²) in [6, 6.07) is 15.0. The van der Waals surface area contributed by atoms with Crippen LogP contribution in [0.2, 0.25) is 0 Å². The third-order valence-electron chi connectivity index (χ3n) is 5.16. The average Bonchev–Trinajstić information content (AvgIpc) is 2.81. The largest absolute Gasteiger partial charge is 0.495 e. The Bertz CT molecular complexity index is 775. The molecule has 0 unspecified atom stereocenters. The fourth-order valence-corrected chi connectivity index (χ4v) is 3.20. The molecule has 0 heterocycles. The summed E-state index contributed by atoms with van der Waals surface area (Å²) < 4.78 is 16.9. The van der Waals surface area contributed by atoms with Crippen LogP contribution < -0.4 is 19.1 Å². The van der Waals surface area contributed by atoms with E-state index in [0.29, 0.717) is 24.7 Å². The van der Waals surface area contributed by atoms with Gasteiger partial charge in [0.25, 0.3) is 5.91 Å². The van der Waals surface area contributed by atoms with Gasteiger partial charge in [-0.25, -0.2) is 0 Å². The van der Waals surface area contributed by atoms with Gasteiger partial charge in [-0.05, 0) is 55.9 Å². The van der Waals surface area contributed by atoms with Gasteiger partial charge < -0.3 is 24.0 Å². The first kappa shape index (κ1) is 24.5. The molecule has 2 aromatic carbocycles. The fraction of sp³-hybridized carbons (Fsp3) is 0.480. The number of hydrogen-bond acceptors (Lipinski definition) is 5. The van der Waals surface area contributed by atoms with E-state index in [-0.39, 0.29) is 12.5 Å². The van der Waals surface area contributed by atoms with Crippen LogP contribution in [0.3, 0.4) is 0 Å². The highest BCUT2D eigenvalue weighted by Gasteiger charge is 2.20. The molecular formula is C25H36N2O4. The Morgan fingerprint density at radius 1 is 0.871 bits per heavy atom. The Morgan fingerprint density at radius 2 is 1.52 bits per heavy atom. The Morgan fingerprint density at radius 3 is 2.13 bits per heavy atom. The van der Waals surface area contributed by atoms with Gasteiger partial charge in [-0.3, -0.25) is 4.79 Å². The van der Waals surface area contributed by atoms with E-state index in [4.69, 9.17) is 14.2 Å². The molecule has 0 atom stereocenters. The highest BCUT2D eigenvalue weighted by molar-refractivity contribution is 5.95. The van der Waals surface area contributed by atoms with E-state index >= 15 is 0 Å². The molecule has 1 amide bonds. The molecule has 0 saturated carbocycles. The van der Waals surface area contributed by atoms with Crippen LogP contribution in [-0.2, 0) is 4.79 Å². The third kappa shape index (κ3) is 7.79. The van der Waals surface area contributed by atoms with Crippen LogP contribution in [-0.4, -0.2) is 57.3 Å². The number of para-hydroxylation sites is 2. The van der Waals surface area contributed by atoms with Crippen molar-refractivity contribution in [2.45, 2.75) is 33.6 Å². The molecule has 0 N–H and O–H groups in total. The van der Waals surface area contributed by atoms with Gasteiger partial charge in [0.1, 0.15) is 17.2 Å². The van der Waals surface area contributed by atoms with E-state index in [9.17, 15) is 4.79 Å².